The molecule has 2 aromatic rings. The Morgan fingerprint density at radius 1 is 1.11 bits per heavy atom. The summed E-state index contributed by atoms with van der Waals surface area (Å²) in [5.74, 6) is -5.99. The van der Waals surface area contributed by atoms with Gasteiger partial charge in [0.2, 0.25) is 0 Å². The molecule has 0 atom stereocenters. The van der Waals surface area contributed by atoms with Gasteiger partial charge < -0.3 is 9.84 Å². The van der Waals surface area contributed by atoms with Crippen LogP contribution in [0.2, 0.25) is 5.02 Å². The zero-order valence-electron chi connectivity index (χ0n) is 13.7. The highest BCUT2D eigenvalue weighted by Crippen LogP contribution is 2.39. The Bertz CT molecular complexity index is 869. The molecule has 0 aliphatic carbocycles. The van der Waals surface area contributed by atoms with Gasteiger partial charge in [-0.25, -0.2) is 8.78 Å². The number of aliphatic imine (C=N–C) groups is 1. The number of halogens is 8. The number of rotatable bonds is 6. The van der Waals surface area contributed by atoms with Gasteiger partial charge in [0.15, 0.2) is 6.61 Å². The molecule has 152 valence electrons. The molecule has 1 N–H and O–H groups in total. The van der Waals surface area contributed by atoms with Crippen molar-refractivity contribution in [2.75, 3.05) is 6.61 Å². The number of aromatic hydroxyl groups is 1. The first-order valence-corrected chi connectivity index (χ1v) is 7.81. The molecule has 0 aromatic heterocycles. The zero-order valence-corrected chi connectivity index (χ0v) is 14.4. The third-order valence-corrected chi connectivity index (χ3v) is 3.68. The van der Waals surface area contributed by atoms with Gasteiger partial charge in [0.05, 0.1) is 16.3 Å². The average molecular weight is 430 g/mol. The molecule has 0 saturated heterocycles. The number of phenolic OH excluding ortho intramolecular Hbond substituents is 1. The lowest BCUT2D eigenvalue weighted by Crippen LogP contribution is -2.34. The van der Waals surface area contributed by atoms with E-state index in [4.69, 9.17) is 11.6 Å². The Morgan fingerprint density at radius 2 is 1.79 bits per heavy atom. The van der Waals surface area contributed by atoms with E-state index in [1.807, 2.05) is 0 Å². The van der Waals surface area contributed by atoms with E-state index in [9.17, 15) is 35.8 Å². The van der Waals surface area contributed by atoms with Crippen molar-refractivity contribution in [2.24, 2.45) is 4.99 Å². The van der Waals surface area contributed by atoms with E-state index < -0.39 is 36.4 Å². The zero-order chi connectivity index (χ0) is 21.1. The third-order valence-electron chi connectivity index (χ3n) is 3.38. The van der Waals surface area contributed by atoms with Gasteiger partial charge in [-0.15, -0.1) is 0 Å². The summed E-state index contributed by atoms with van der Waals surface area (Å²) in [6.07, 6.45) is -8.06. The van der Waals surface area contributed by atoms with Crippen molar-refractivity contribution < 1.29 is 40.6 Å². The lowest BCUT2D eigenvalue weighted by atomic mass is 10.1. The minimum atomic E-state index is -5.01. The predicted molar refractivity (Wildman–Crippen MR) is 88.3 cm³/mol. The van der Waals surface area contributed by atoms with Crippen molar-refractivity contribution in [1.29, 1.82) is 0 Å². The van der Waals surface area contributed by atoms with Crippen molar-refractivity contribution in [3.8, 4) is 11.5 Å². The molecule has 0 heterocycles. The predicted octanol–water partition coefficient (Wildman–Crippen LogP) is 6.09. The first-order valence-electron chi connectivity index (χ1n) is 7.43. The second-order valence-electron chi connectivity index (χ2n) is 5.46. The monoisotopic (exact) mass is 429 g/mol. The van der Waals surface area contributed by atoms with Crippen LogP contribution in [0.1, 0.15) is 11.1 Å². The Hall–Kier alpha value is -2.49. The van der Waals surface area contributed by atoms with E-state index in [2.05, 4.69) is 9.73 Å². The maximum atomic E-state index is 13.2. The summed E-state index contributed by atoms with van der Waals surface area (Å²) >= 11 is 5.70. The van der Waals surface area contributed by atoms with Crippen LogP contribution in [-0.2, 0) is 6.18 Å². The maximum absolute atomic E-state index is 13.2. The van der Waals surface area contributed by atoms with Gasteiger partial charge in [-0.05, 0) is 30.3 Å². The van der Waals surface area contributed by atoms with Crippen LogP contribution in [0, 0.1) is 0 Å². The molecule has 0 aliphatic heterocycles. The van der Waals surface area contributed by atoms with E-state index in [1.165, 1.54) is 18.2 Å². The van der Waals surface area contributed by atoms with Crippen LogP contribution in [-0.4, -0.2) is 30.3 Å². The Morgan fingerprint density at radius 3 is 2.39 bits per heavy atom. The molecule has 0 radical (unpaired) electrons. The number of phenols is 1. The maximum Gasteiger partial charge on any atom is 0.420 e. The fourth-order valence-corrected chi connectivity index (χ4v) is 2.14. The number of hydrogen-bond acceptors (Lipinski definition) is 3. The summed E-state index contributed by atoms with van der Waals surface area (Å²) < 4.78 is 93.8. The molecule has 0 fully saturated rings. The SMILES string of the molecule is Oc1c(Cl)cccc1C=Nc1ccc(OCC(F)(F)C(F)F)c(C(F)(F)F)c1. The van der Waals surface area contributed by atoms with Gasteiger partial charge in [0.1, 0.15) is 11.5 Å². The molecule has 11 heteroatoms. The quantitative estimate of drug-likeness (QED) is 0.445. The normalized spacial score (nSPS) is 12.8. The summed E-state index contributed by atoms with van der Waals surface area (Å²) in [6, 6.07) is 6.45. The van der Waals surface area contributed by atoms with E-state index >= 15 is 0 Å². The first kappa shape index (κ1) is 21.8. The Labute approximate surface area is 159 Å². The summed E-state index contributed by atoms with van der Waals surface area (Å²) in [6.45, 7) is -1.92. The number of alkyl halides is 7. The van der Waals surface area contributed by atoms with Crippen molar-refractivity contribution in [3.63, 3.8) is 0 Å². The van der Waals surface area contributed by atoms with Crippen molar-refractivity contribution in [2.45, 2.75) is 18.5 Å². The lowest BCUT2D eigenvalue weighted by Gasteiger charge is -2.19. The highest BCUT2D eigenvalue weighted by molar-refractivity contribution is 6.32. The number of hydrogen-bond donors (Lipinski definition) is 1. The van der Waals surface area contributed by atoms with Crippen LogP contribution < -0.4 is 4.74 Å². The average Bonchev–Trinajstić information content (AvgIpc) is 2.60. The van der Waals surface area contributed by atoms with Gasteiger partial charge in [0.25, 0.3) is 0 Å². The minimum Gasteiger partial charge on any atom is -0.506 e. The lowest BCUT2D eigenvalue weighted by molar-refractivity contribution is -0.153. The fraction of sp³-hybridized carbons (Fsp3) is 0.235. The number of benzene rings is 2. The second-order valence-corrected chi connectivity index (χ2v) is 5.87. The van der Waals surface area contributed by atoms with Gasteiger partial charge in [-0.3, -0.25) is 4.99 Å². The minimum absolute atomic E-state index is 0.00337. The Kier molecular flexibility index (Phi) is 6.43. The molecule has 0 unspecified atom stereocenters. The molecular weight excluding hydrogens is 419 g/mol. The molecule has 3 nitrogen and oxygen atoms in total. The molecule has 0 saturated carbocycles. The van der Waals surface area contributed by atoms with Gasteiger partial charge >= 0.3 is 18.5 Å². The molecule has 2 rings (SSSR count). The number of para-hydroxylation sites is 1. The summed E-state index contributed by atoms with van der Waals surface area (Å²) in [5.41, 5.74) is -1.60. The van der Waals surface area contributed by atoms with Crippen LogP contribution in [0.5, 0.6) is 11.5 Å². The molecule has 28 heavy (non-hydrogen) atoms. The van der Waals surface area contributed by atoms with Crippen molar-refractivity contribution in [3.05, 3.63) is 52.5 Å². The van der Waals surface area contributed by atoms with Crippen LogP contribution in [0.4, 0.5) is 36.4 Å². The summed E-state index contributed by atoms with van der Waals surface area (Å²) in [5, 5.41) is 9.74. The number of ether oxygens (including phenoxy) is 1. The molecular formula is C17H11ClF7NO2. The smallest absolute Gasteiger partial charge is 0.420 e. The molecule has 0 spiro atoms. The van der Waals surface area contributed by atoms with E-state index in [0.717, 1.165) is 12.3 Å². The van der Waals surface area contributed by atoms with Gasteiger partial charge in [-0.1, -0.05) is 17.7 Å². The van der Waals surface area contributed by atoms with Crippen molar-refractivity contribution in [1.82, 2.24) is 0 Å². The van der Waals surface area contributed by atoms with Gasteiger partial charge in [-0.2, -0.15) is 22.0 Å². The molecule has 2 aromatic carbocycles. The van der Waals surface area contributed by atoms with Crippen LogP contribution in [0.3, 0.4) is 0 Å². The summed E-state index contributed by atoms with van der Waals surface area (Å²) in [4.78, 5) is 3.76. The third kappa shape index (κ3) is 5.28. The van der Waals surface area contributed by atoms with Crippen LogP contribution in [0.15, 0.2) is 41.4 Å². The van der Waals surface area contributed by atoms with E-state index in [-0.39, 0.29) is 22.0 Å². The number of nitrogens with zero attached hydrogens (tertiary/aromatic N) is 1. The van der Waals surface area contributed by atoms with Gasteiger partial charge in [0, 0.05) is 11.8 Å². The van der Waals surface area contributed by atoms with Crippen LogP contribution in [0.25, 0.3) is 0 Å². The van der Waals surface area contributed by atoms with E-state index in [1.54, 1.807) is 0 Å². The molecule has 0 aliphatic rings. The van der Waals surface area contributed by atoms with Crippen molar-refractivity contribution >= 4 is 23.5 Å². The molecule has 0 amide bonds. The summed E-state index contributed by atoms with van der Waals surface area (Å²) in [7, 11) is 0. The topological polar surface area (TPSA) is 41.8 Å². The first-order chi connectivity index (χ1) is 12.9. The second kappa shape index (κ2) is 8.26. The molecule has 0 bridgehead atoms. The standard InChI is InChI=1S/C17H11ClF7NO2/c18-12-3-1-2-9(14(12)27)7-26-10-4-5-13(11(6-10)17(23,24)25)28-8-16(21,22)15(19)20/h1-7,15,27H,8H2. The Balaban J connectivity index is 2.32. The van der Waals surface area contributed by atoms with E-state index in [0.29, 0.717) is 12.1 Å². The van der Waals surface area contributed by atoms with Crippen LogP contribution >= 0.6 is 11.6 Å². The highest BCUT2D eigenvalue weighted by Gasteiger charge is 2.43. The largest absolute Gasteiger partial charge is 0.506 e. The highest BCUT2D eigenvalue weighted by atomic mass is 35.5. The fourth-order valence-electron chi connectivity index (χ4n) is 1.96.